The lowest BCUT2D eigenvalue weighted by atomic mass is 9.43. The average Bonchev–Trinajstić information content (AvgIpc) is 2.94. The summed E-state index contributed by atoms with van der Waals surface area (Å²) in [6, 6.07) is 0. The van der Waals surface area contributed by atoms with Crippen LogP contribution in [0, 0.1) is 34.5 Å². The van der Waals surface area contributed by atoms with Crippen molar-refractivity contribution in [2.45, 2.75) is 83.1 Å². The molecule has 4 rings (SSSR count). The van der Waals surface area contributed by atoms with Crippen molar-refractivity contribution in [1.82, 2.24) is 0 Å². The molecule has 5 heteroatoms. The highest BCUT2D eigenvalue weighted by atomic mass is 35.5. The zero-order valence-corrected chi connectivity index (χ0v) is 17.4. The molecule has 4 fully saturated rings. The van der Waals surface area contributed by atoms with Crippen LogP contribution in [0.5, 0.6) is 0 Å². The third-order valence-electron chi connectivity index (χ3n) is 9.24. The molecular formula is C22H31ClO4. The van der Waals surface area contributed by atoms with E-state index < -0.39 is 11.0 Å². The summed E-state index contributed by atoms with van der Waals surface area (Å²) in [5.74, 6) is 1.48. The standard InChI is InChI=1S/C22H31ClO4/c1-13(25)16-6-7-17-18-5-4-14-10-15(26)8-9-21(14,3)22(18,23)19(27-12-24)11-20(16,17)2/h12,14,16-19H,4-11H2,1-3H3/t14?,16-,17+,18+,19?,20-,21+,22+/m1/s1. The van der Waals surface area contributed by atoms with Crippen molar-refractivity contribution in [3.63, 3.8) is 0 Å². The Morgan fingerprint density at radius 3 is 2.56 bits per heavy atom. The van der Waals surface area contributed by atoms with Gasteiger partial charge in [-0.2, -0.15) is 0 Å². The minimum Gasteiger partial charge on any atom is -0.463 e. The summed E-state index contributed by atoms with van der Waals surface area (Å²) >= 11 is 7.56. The van der Waals surface area contributed by atoms with Crippen molar-refractivity contribution in [3.8, 4) is 0 Å². The second-order valence-corrected chi connectivity index (χ2v) is 10.7. The molecule has 0 amide bonds. The number of Topliss-reactive ketones (excluding diaryl/α,β-unsaturated/α-hetero) is 2. The number of hydrogen-bond donors (Lipinski definition) is 0. The summed E-state index contributed by atoms with van der Waals surface area (Å²) in [5, 5.41) is 0. The van der Waals surface area contributed by atoms with E-state index in [1.54, 1.807) is 6.92 Å². The lowest BCUT2D eigenvalue weighted by Gasteiger charge is -2.66. The van der Waals surface area contributed by atoms with Gasteiger partial charge in [0.2, 0.25) is 0 Å². The zero-order chi connectivity index (χ0) is 19.6. The zero-order valence-electron chi connectivity index (χ0n) is 16.6. The van der Waals surface area contributed by atoms with Gasteiger partial charge in [0, 0.05) is 18.8 Å². The van der Waals surface area contributed by atoms with Crippen LogP contribution < -0.4 is 0 Å². The van der Waals surface area contributed by atoms with Crippen molar-refractivity contribution in [1.29, 1.82) is 0 Å². The highest BCUT2D eigenvalue weighted by Gasteiger charge is 2.71. The van der Waals surface area contributed by atoms with Crippen LogP contribution in [-0.4, -0.2) is 29.0 Å². The number of fused-ring (bicyclic) bond motifs is 5. The van der Waals surface area contributed by atoms with E-state index in [4.69, 9.17) is 16.3 Å². The first-order valence-corrected chi connectivity index (χ1v) is 10.9. The Morgan fingerprint density at radius 1 is 1.19 bits per heavy atom. The number of rotatable bonds is 3. The summed E-state index contributed by atoms with van der Waals surface area (Å²) in [7, 11) is 0. The Balaban J connectivity index is 1.79. The number of carbonyl (C=O) groups is 3. The van der Waals surface area contributed by atoms with E-state index in [0.717, 1.165) is 32.1 Å². The molecule has 2 unspecified atom stereocenters. The van der Waals surface area contributed by atoms with Gasteiger partial charge in [-0.05, 0) is 74.0 Å². The smallest absolute Gasteiger partial charge is 0.293 e. The van der Waals surface area contributed by atoms with Gasteiger partial charge < -0.3 is 4.74 Å². The molecule has 0 radical (unpaired) electrons. The SMILES string of the molecule is CC(=O)[C@H]1CC[C@H]2[C@@H]3CCC4CC(=O)CC[C@]4(C)[C@@]3(Cl)C(OC=O)C[C@]12C. The molecule has 150 valence electrons. The van der Waals surface area contributed by atoms with E-state index in [-0.39, 0.29) is 34.4 Å². The Kier molecular flexibility index (Phi) is 4.53. The predicted octanol–water partition coefficient (Wildman–Crippen LogP) is 4.32. The molecule has 4 saturated carbocycles. The van der Waals surface area contributed by atoms with Crippen molar-refractivity contribution in [3.05, 3.63) is 0 Å². The Morgan fingerprint density at radius 2 is 1.89 bits per heavy atom. The maximum absolute atomic E-state index is 12.4. The second kappa shape index (κ2) is 6.30. The van der Waals surface area contributed by atoms with Crippen molar-refractivity contribution in [2.24, 2.45) is 34.5 Å². The van der Waals surface area contributed by atoms with Gasteiger partial charge in [-0.3, -0.25) is 14.4 Å². The lowest BCUT2D eigenvalue weighted by molar-refractivity contribution is -0.176. The molecule has 0 N–H and O–H groups in total. The van der Waals surface area contributed by atoms with Gasteiger partial charge in [0.15, 0.2) is 0 Å². The number of halogens is 1. The monoisotopic (exact) mass is 394 g/mol. The molecule has 0 aromatic heterocycles. The molecule has 0 heterocycles. The van der Waals surface area contributed by atoms with E-state index in [2.05, 4.69) is 13.8 Å². The highest BCUT2D eigenvalue weighted by molar-refractivity contribution is 6.25. The van der Waals surface area contributed by atoms with Gasteiger partial charge in [-0.1, -0.05) is 13.8 Å². The molecule has 4 nitrogen and oxygen atoms in total. The minimum atomic E-state index is -0.645. The normalized spacial score (nSPS) is 51.7. The van der Waals surface area contributed by atoms with Crippen LogP contribution in [0.3, 0.4) is 0 Å². The topological polar surface area (TPSA) is 60.4 Å². The molecule has 4 aliphatic rings. The van der Waals surface area contributed by atoms with Crippen molar-refractivity contribution in [2.75, 3.05) is 0 Å². The minimum absolute atomic E-state index is 0.0277. The lowest BCUT2D eigenvalue weighted by Crippen LogP contribution is -2.69. The summed E-state index contributed by atoms with van der Waals surface area (Å²) in [5.41, 5.74) is -0.370. The Labute approximate surface area is 166 Å². The van der Waals surface area contributed by atoms with Crippen LogP contribution >= 0.6 is 11.6 Å². The van der Waals surface area contributed by atoms with Gasteiger partial charge in [-0.15, -0.1) is 11.6 Å². The number of hydrogen-bond acceptors (Lipinski definition) is 4. The first-order chi connectivity index (χ1) is 12.7. The van der Waals surface area contributed by atoms with Crippen LogP contribution in [0.15, 0.2) is 0 Å². The predicted molar refractivity (Wildman–Crippen MR) is 102 cm³/mol. The number of alkyl halides is 1. The van der Waals surface area contributed by atoms with E-state index in [1.165, 1.54) is 0 Å². The molecule has 0 aromatic carbocycles. The molecule has 8 atom stereocenters. The molecular weight excluding hydrogens is 364 g/mol. The summed E-state index contributed by atoms with van der Waals surface area (Å²) in [6.07, 6.45) is 6.09. The Bertz CT molecular complexity index is 677. The van der Waals surface area contributed by atoms with Crippen molar-refractivity contribution >= 4 is 29.6 Å². The van der Waals surface area contributed by atoms with E-state index in [9.17, 15) is 14.4 Å². The fraction of sp³-hybridized carbons (Fsp3) is 0.864. The summed E-state index contributed by atoms with van der Waals surface area (Å²) in [6.45, 7) is 6.67. The van der Waals surface area contributed by atoms with Gasteiger partial charge in [-0.25, -0.2) is 0 Å². The van der Waals surface area contributed by atoms with Crippen LogP contribution in [-0.2, 0) is 19.1 Å². The number of ketones is 2. The quantitative estimate of drug-likeness (QED) is 0.528. The summed E-state index contributed by atoms with van der Waals surface area (Å²) < 4.78 is 5.69. The Hall–Kier alpha value is -0.900. The van der Waals surface area contributed by atoms with Crippen molar-refractivity contribution < 1.29 is 19.1 Å². The van der Waals surface area contributed by atoms with E-state index in [0.29, 0.717) is 37.4 Å². The molecule has 4 aliphatic carbocycles. The first-order valence-electron chi connectivity index (χ1n) is 10.5. The third-order valence-corrected chi connectivity index (χ3v) is 10.2. The van der Waals surface area contributed by atoms with Gasteiger partial charge in [0.05, 0.1) is 4.87 Å². The van der Waals surface area contributed by atoms with E-state index in [1.807, 2.05) is 0 Å². The van der Waals surface area contributed by atoms with Crippen LogP contribution in [0.25, 0.3) is 0 Å². The number of carbonyl (C=O) groups excluding carboxylic acids is 3. The fourth-order valence-electron chi connectivity index (χ4n) is 7.89. The maximum atomic E-state index is 12.4. The first kappa shape index (κ1) is 19.4. The number of ether oxygens (including phenoxy) is 1. The molecule has 27 heavy (non-hydrogen) atoms. The summed E-state index contributed by atoms with van der Waals surface area (Å²) in [4.78, 5) is 35.2. The average molecular weight is 395 g/mol. The largest absolute Gasteiger partial charge is 0.463 e. The van der Waals surface area contributed by atoms with Gasteiger partial charge in [0.25, 0.3) is 6.47 Å². The van der Waals surface area contributed by atoms with E-state index >= 15 is 0 Å². The van der Waals surface area contributed by atoms with Crippen LogP contribution in [0.2, 0.25) is 0 Å². The molecule has 0 spiro atoms. The fourth-order valence-corrected chi connectivity index (χ4v) is 8.53. The molecule has 0 saturated heterocycles. The van der Waals surface area contributed by atoms with Crippen LogP contribution in [0.1, 0.15) is 72.1 Å². The van der Waals surface area contributed by atoms with Crippen LogP contribution in [0.4, 0.5) is 0 Å². The molecule has 0 aromatic rings. The molecule has 0 aliphatic heterocycles. The van der Waals surface area contributed by atoms with Gasteiger partial charge >= 0.3 is 0 Å². The maximum Gasteiger partial charge on any atom is 0.293 e. The van der Waals surface area contributed by atoms with Gasteiger partial charge in [0.1, 0.15) is 17.7 Å². The highest BCUT2D eigenvalue weighted by Crippen LogP contribution is 2.71. The molecule has 0 bridgehead atoms. The third kappa shape index (κ3) is 2.44. The second-order valence-electron chi connectivity index (χ2n) is 10.1.